The van der Waals surface area contributed by atoms with E-state index in [-0.39, 0.29) is 13.2 Å². The Balaban J connectivity index is 2.81. The molecule has 0 aliphatic heterocycles. The molecule has 1 aromatic carbocycles. The van der Waals surface area contributed by atoms with Crippen LogP contribution in [0.3, 0.4) is 0 Å². The van der Waals surface area contributed by atoms with Crippen LogP contribution in [0.2, 0.25) is 0 Å². The summed E-state index contributed by atoms with van der Waals surface area (Å²) in [5, 5.41) is 13.9. The third-order valence-corrected chi connectivity index (χ3v) is 3.71. The van der Waals surface area contributed by atoms with Crippen molar-refractivity contribution >= 4 is 29.7 Å². The minimum absolute atomic E-state index is 0.0361. The third kappa shape index (κ3) is 7.99. The topological polar surface area (TPSA) is 148 Å². The molecule has 0 aromatic heterocycles. The van der Waals surface area contributed by atoms with E-state index < -0.39 is 54.6 Å². The number of aliphatic carboxylic acids is 1. The van der Waals surface area contributed by atoms with Crippen molar-refractivity contribution in [1.82, 2.24) is 10.6 Å². The van der Waals surface area contributed by atoms with Gasteiger partial charge in [0.05, 0.1) is 32.1 Å². The van der Waals surface area contributed by atoms with Crippen molar-refractivity contribution in [3.05, 3.63) is 35.9 Å². The zero-order valence-corrected chi connectivity index (χ0v) is 16.2. The lowest BCUT2D eigenvalue weighted by Gasteiger charge is -2.22. The lowest BCUT2D eigenvalue weighted by Crippen LogP contribution is -2.52. The summed E-state index contributed by atoms with van der Waals surface area (Å²) in [7, 11) is 0. The monoisotopic (exact) mass is 408 g/mol. The number of esters is 2. The van der Waals surface area contributed by atoms with E-state index in [0.717, 1.165) is 0 Å². The first kappa shape index (κ1) is 23.6. The SMILES string of the molecule is CCOC(=O)C[C@H](C(=O)OCC)[C@@H](NC(=O)CNC(=O)c1ccccc1)C(=O)O. The van der Waals surface area contributed by atoms with Crippen molar-refractivity contribution in [2.45, 2.75) is 26.3 Å². The molecule has 0 spiro atoms. The second kappa shape index (κ2) is 12.1. The minimum Gasteiger partial charge on any atom is -0.480 e. The van der Waals surface area contributed by atoms with Gasteiger partial charge in [-0.25, -0.2) is 4.79 Å². The molecule has 0 bridgehead atoms. The highest BCUT2D eigenvalue weighted by Gasteiger charge is 2.38. The normalized spacial score (nSPS) is 12.2. The van der Waals surface area contributed by atoms with Gasteiger partial charge in [0.15, 0.2) is 0 Å². The first-order chi connectivity index (χ1) is 13.8. The first-order valence-corrected chi connectivity index (χ1v) is 8.97. The number of carboxylic acid groups (broad SMARTS) is 1. The average Bonchev–Trinajstić information content (AvgIpc) is 2.69. The van der Waals surface area contributed by atoms with Crippen LogP contribution in [-0.2, 0) is 28.7 Å². The van der Waals surface area contributed by atoms with Gasteiger partial charge >= 0.3 is 17.9 Å². The second-order valence-corrected chi connectivity index (χ2v) is 5.80. The molecule has 10 nitrogen and oxygen atoms in total. The maximum atomic E-state index is 12.1. The van der Waals surface area contributed by atoms with Gasteiger partial charge in [0.2, 0.25) is 5.91 Å². The Labute approximate surface area is 167 Å². The van der Waals surface area contributed by atoms with Gasteiger partial charge in [-0.3, -0.25) is 19.2 Å². The smallest absolute Gasteiger partial charge is 0.327 e. The van der Waals surface area contributed by atoms with Crippen LogP contribution in [0.5, 0.6) is 0 Å². The molecule has 0 fully saturated rings. The fourth-order valence-electron chi connectivity index (χ4n) is 2.40. The van der Waals surface area contributed by atoms with Gasteiger partial charge < -0.3 is 25.2 Å². The number of carbonyl (C=O) groups excluding carboxylic acids is 4. The average molecular weight is 408 g/mol. The zero-order chi connectivity index (χ0) is 21.8. The number of carbonyl (C=O) groups is 5. The molecule has 0 unspecified atom stereocenters. The lowest BCUT2D eigenvalue weighted by molar-refractivity contribution is -0.160. The molecule has 0 saturated carbocycles. The van der Waals surface area contributed by atoms with Gasteiger partial charge in [0, 0.05) is 5.56 Å². The quantitative estimate of drug-likeness (QED) is 0.437. The van der Waals surface area contributed by atoms with E-state index in [1.807, 2.05) is 0 Å². The fourth-order valence-corrected chi connectivity index (χ4v) is 2.40. The molecule has 0 saturated heterocycles. The van der Waals surface area contributed by atoms with E-state index in [1.54, 1.807) is 37.3 Å². The molecule has 2 amide bonds. The van der Waals surface area contributed by atoms with Crippen molar-refractivity contribution in [3.63, 3.8) is 0 Å². The van der Waals surface area contributed by atoms with Gasteiger partial charge in [-0.05, 0) is 26.0 Å². The van der Waals surface area contributed by atoms with Gasteiger partial charge in [-0.15, -0.1) is 0 Å². The molecule has 0 heterocycles. The summed E-state index contributed by atoms with van der Waals surface area (Å²) in [6.45, 7) is 2.57. The molecule has 3 N–H and O–H groups in total. The minimum atomic E-state index is -1.74. The van der Waals surface area contributed by atoms with Crippen molar-refractivity contribution in [1.29, 1.82) is 0 Å². The number of amides is 2. The highest BCUT2D eigenvalue weighted by Crippen LogP contribution is 2.14. The van der Waals surface area contributed by atoms with E-state index in [0.29, 0.717) is 5.56 Å². The van der Waals surface area contributed by atoms with Crippen LogP contribution < -0.4 is 10.6 Å². The largest absolute Gasteiger partial charge is 0.480 e. The third-order valence-electron chi connectivity index (χ3n) is 3.71. The van der Waals surface area contributed by atoms with Crippen LogP contribution in [0.1, 0.15) is 30.6 Å². The van der Waals surface area contributed by atoms with Crippen LogP contribution in [-0.4, -0.2) is 60.6 Å². The standard InChI is InChI=1S/C19H24N2O8/c1-3-28-15(23)10-13(19(27)29-4-2)16(18(25)26)21-14(22)11-20-17(24)12-8-6-5-7-9-12/h5-9,13,16H,3-4,10-11H2,1-2H3,(H,20,24)(H,21,22)(H,25,26)/t13-,16+/m0/s1. The Morgan fingerprint density at radius 2 is 1.62 bits per heavy atom. The van der Waals surface area contributed by atoms with E-state index in [1.165, 1.54) is 6.92 Å². The van der Waals surface area contributed by atoms with E-state index in [4.69, 9.17) is 9.47 Å². The molecule has 0 aliphatic carbocycles. The van der Waals surface area contributed by atoms with Crippen molar-refractivity contribution in [2.75, 3.05) is 19.8 Å². The number of hydrogen-bond donors (Lipinski definition) is 3. The molecule has 29 heavy (non-hydrogen) atoms. The Bertz CT molecular complexity index is 735. The van der Waals surface area contributed by atoms with Crippen LogP contribution in [0, 0.1) is 5.92 Å². The first-order valence-electron chi connectivity index (χ1n) is 8.97. The van der Waals surface area contributed by atoms with Gasteiger partial charge in [-0.2, -0.15) is 0 Å². The molecule has 1 rings (SSSR count). The summed E-state index contributed by atoms with van der Waals surface area (Å²) >= 11 is 0. The predicted molar refractivity (Wildman–Crippen MR) is 99.7 cm³/mol. The zero-order valence-electron chi connectivity index (χ0n) is 16.2. The summed E-state index contributed by atoms with van der Waals surface area (Å²) in [5.74, 6) is -6.15. The molecule has 2 atom stereocenters. The number of carboxylic acids is 1. The Morgan fingerprint density at radius 1 is 1.00 bits per heavy atom. The Kier molecular flexibility index (Phi) is 9.86. The number of ether oxygens (including phenoxy) is 2. The maximum absolute atomic E-state index is 12.1. The summed E-state index contributed by atoms with van der Waals surface area (Å²) in [4.78, 5) is 59.6. The fraction of sp³-hybridized carbons (Fsp3) is 0.421. The molecule has 10 heteroatoms. The molecular formula is C19H24N2O8. The summed E-state index contributed by atoms with van der Waals surface area (Å²) in [5.41, 5.74) is 0.321. The molecule has 0 aliphatic rings. The van der Waals surface area contributed by atoms with Crippen LogP contribution >= 0.6 is 0 Å². The van der Waals surface area contributed by atoms with E-state index in [9.17, 15) is 29.1 Å². The van der Waals surface area contributed by atoms with E-state index in [2.05, 4.69) is 10.6 Å². The van der Waals surface area contributed by atoms with Crippen molar-refractivity contribution in [3.8, 4) is 0 Å². The molecular weight excluding hydrogens is 384 g/mol. The number of rotatable bonds is 11. The molecule has 1 aromatic rings. The lowest BCUT2D eigenvalue weighted by atomic mass is 9.96. The van der Waals surface area contributed by atoms with Crippen LogP contribution in [0.15, 0.2) is 30.3 Å². The predicted octanol–water partition coefficient (Wildman–Crippen LogP) is 0.118. The molecule has 158 valence electrons. The van der Waals surface area contributed by atoms with Gasteiger partial charge in [0.1, 0.15) is 6.04 Å². The molecule has 0 radical (unpaired) electrons. The van der Waals surface area contributed by atoms with Crippen LogP contribution in [0.25, 0.3) is 0 Å². The van der Waals surface area contributed by atoms with Gasteiger partial charge in [-0.1, -0.05) is 18.2 Å². The Hall–Kier alpha value is -3.43. The van der Waals surface area contributed by atoms with Crippen molar-refractivity contribution < 1.29 is 38.6 Å². The highest BCUT2D eigenvalue weighted by molar-refractivity contribution is 5.97. The number of nitrogens with one attached hydrogen (secondary N) is 2. The van der Waals surface area contributed by atoms with Crippen molar-refractivity contribution in [2.24, 2.45) is 5.92 Å². The maximum Gasteiger partial charge on any atom is 0.327 e. The van der Waals surface area contributed by atoms with Gasteiger partial charge in [0.25, 0.3) is 5.91 Å². The summed E-state index contributed by atoms with van der Waals surface area (Å²) < 4.78 is 9.57. The van der Waals surface area contributed by atoms with E-state index >= 15 is 0 Å². The number of hydrogen-bond acceptors (Lipinski definition) is 7. The second-order valence-electron chi connectivity index (χ2n) is 5.80. The Morgan fingerprint density at radius 3 is 2.17 bits per heavy atom. The van der Waals surface area contributed by atoms with Crippen LogP contribution in [0.4, 0.5) is 0 Å². The summed E-state index contributed by atoms with van der Waals surface area (Å²) in [6, 6.07) is 6.37. The summed E-state index contributed by atoms with van der Waals surface area (Å²) in [6.07, 6.45) is -0.583. The highest BCUT2D eigenvalue weighted by atomic mass is 16.5. The number of benzene rings is 1.